The number of benzene rings is 2. The highest BCUT2D eigenvalue weighted by Gasteiger charge is 2.52. The van der Waals surface area contributed by atoms with Crippen molar-refractivity contribution in [2.24, 2.45) is 0 Å². The second-order valence-corrected chi connectivity index (χ2v) is 9.12. The molecule has 4 rings (SSSR count). The van der Waals surface area contributed by atoms with Crippen molar-refractivity contribution in [3.8, 4) is 5.75 Å². The van der Waals surface area contributed by atoms with Crippen LogP contribution in [0.2, 0.25) is 0 Å². The standard InChI is InChI=1S/C21H21Cl2N3O2/c1-20(2,28-14-9-7-13(8-10-14)15-11-21(15,22)23)19(27)24-12-18-25-16-5-3-4-6-17(16)26-18/h3-10,15H,11-12H2,1-2H3,(H,24,27)(H,25,26)/t15-/m1/s1. The Balaban J connectivity index is 1.36. The van der Waals surface area contributed by atoms with E-state index in [4.69, 9.17) is 27.9 Å². The third-order valence-corrected chi connectivity index (χ3v) is 5.72. The zero-order valence-corrected chi connectivity index (χ0v) is 17.1. The lowest BCUT2D eigenvalue weighted by molar-refractivity contribution is -0.134. The van der Waals surface area contributed by atoms with E-state index in [-0.39, 0.29) is 11.8 Å². The van der Waals surface area contributed by atoms with Crippen molar-refractivity contribution in [1.82, 2.24) is 15.3 Å². The first-order valence-electron chi connectivity index (χ1n) is 9.13. The molecule has 0 aliphatic heterocycles. The molecular weight excluding hydrogens is 397 g/mol. The van der Waals surface area contributed by atoms with E-state index in [0.717, 1.165) is 23.0 Å². The summed E-state index contributed by atoms with van der Waals surface area (Å²) in [6.45, 7) is 3.77. The molecule has 1 aliphatic rings. The molecule has 0 radical (unpaired) electrons. The van der Waals surface area contributed by atoms with Gasteiger partial charge in [-0.15, -0.1) is 23.2 Å². The number of para-hydroxylation sites is 2. The highest BCUT2D eigenvalue weighted by molar-refractivity contribution is 6.51. The number of fused-ring (bicyclic) bond motifs is 1. The van der Waals surface area contributed by atoms with Crippen molar-refractivity contribution < 1.29 is 9.53 Å². The van der Waals surface area contributed by atoms with E-state index in [1.54, 1.807) is 13.8 Å². The zero-order chi connectivity index (χ0) is 19.9. The number of aromatic nitrogens is 2. The fourth-order valence-corrected chi connectivity index (χ4v) is 3.71. The number of rotatable bonds is 6. The monoisotopic (exact) mass is 417 g/mol. The maximum absolute atomic E-state index is 12.6. The molecule has 1 heterocycles. The molecular formula is C21H21Cl2N3O2. The van der Waals surface area contributed by atoms with Crippen LogP contribution in [-0.2, 0) is 11.3 Å². The number of imidazole rings is 1. The maximum Gasteiger partial charge on any atom is 0.263 e. The number of carbonyl (C=O) groups excluding carboxylic acids is 1. The van der Waals surface area contributed by atoms with E-state index >= 15 is 0 Å². The fourth-order valence-electron chi connectivity index (χ4n) is 3.15. The lowest BCUT2D eigenvalue weighted by Crippen LogP contribution is -2.46. The first-order valence-corrected chi connectivity index (χ1v) is 9.89. The van der Waals surface area contributed by atoms with Gasteiger partial charge in [0.25, 0.3) is 5.91 Å². The van der Waals surface area contributed by atoms with Crippen molar-refractivity contribution in [3.05, 3.63) is 59.9 Å². The van der Waals surface area contributed by atoms with Crippen LogP contribution in [0.1, 0.15) is 37.6 Å². The summed E-state index contributed by atoms with van der Waals surface area (Å²) in [5.41, 5.74) is 1.85. The van der Waals surface area contributed by atoms with E-state index in [2.05, 4.69) is 15.3 Å². The van der Waals surface area contributed by atoms with Crippen LogP contribution in [0.3, 0.4) is 0 Å². The summed E-state index contributed by atoms with van der Waals surface area (Å²) in [5, 5.41) is 2.88. The van der Waals surface area contributed by atoms with Gasteiger partial charge < -0.3 is 15.0 Å². The van der Waals surface area contributed by atoms with Gasteiger partial charge in [-0.25, -0.2) is 4.98 Å². The highest BCUT2D eigenvalue weighted by atomic mass is 35.5. The number of halogens is 2. The Morgan fingerprint density at radius 2 is 1.93 bits per heavy atom. The Labute approximate surface area is 173 Å². The van der Waals surface area contributed by atoms with Crippen LogP contribution in [0.25, 0.3) is 11.0 Å². The topological polar surface area (TPSA) is 67.0 Å². The van der Waals surface area contributed by atoms with Gasteiger partial charge >= 0.3 is 0 Å². The van der Waals surface area contributed by atoms with E-state index < -0.39 is 9.93 Å². The summed E-state index contributed by atoms with van der Waals surface area (Å²) in [6, 6.07) is 15.3. The summed E-state index contributed by atoms with van der Waals surface area (Å²) in [7, 11) is 0. The molecule has 146 valence electrons. The Hall–Kier alpha value is -2.24. The number of aromatic amines is 1. The maximum atomic E-state index is 12.6. The first-order chi connectivity index (χ1) is 13.2. The minimum absolute atomic E-state index is 0.157. The Bertz CT molecular complexity index is 979. The van der Waals surface area contributed by atoms with Gasteiger partial charge in [-0.2, -0.15) is 0 Å². The number of alkyl halides is 2. The molecule has 1 amide bonds. The third-order valence-electron chi connectivity index (χ3n) is 4.88. The van der Waals surface area contributed by atoms with E-state index in [0.29, 0.717) is 18.1 Å². The summed E-state index contributed by atoms with van der Waals surface area (Å²) in [6.07, 6.45) is 0.756. The van der Waals surface area contributed by atoms with Crippen molar-refractivity contribution in [2.75, 3.05) is 0 Å². The molecule has 0 spiro atoms. The van der Waals surface area contributed by atoms with Gasteiger partial charge in [-0.1, -0.05) is 24.3 Å². The normalized spacial score (nSPS) is 18.1. The first kappa shape index (κ1) is 19.1. The molecule has 0 saturated heterocycles. The summed E-state index contributed by atoms with van der Waals surface area (Å²) >= 11 is 12.2. The Morgan fingerprint density at radius 3 is 2.57 bits per heavy atom. The van der Waals surface area contributed by atoms with E-state index in [1.165, 1.54) is 0 Å². The number of amides is 1. The number of nitrogens with one attached hydrogen (secondary N) is 2. The number of ether oxygens (including phenoxy) is 1. The van der Waals surface area contributed by atoms with Gasteiger partial charge in [0.05, 0.1) is 17.6 Å². The molecule has 28 heavy (non-hydrogen) atoms. The second kappa shape index (κ2) is 6.98. The second-order valence-electron chi connectivity index (χ2n) is 7.58. The number of hydrogen-bond donors (Lipinski definition) is 2. The van der Waals surface area contributed by atoms with Crippen LogP contribution < -0.4 is 10.1 Å². The van der Waals surface area contributed by atoms with Gasteiger partial charge in [-0.3, -0.25) is 4.79 Å². The molecule has 1 atom stereocenters. The quantitative estimate of drug-likeness (QED) is 0.571. The third kappa shape index (κ3) is 3.96. The molecule has 7 heteroatoms. The molecule has 2 N–H and O–H groups in total. The molecule has 3 aromatic rings. The number of nitrogens with zero attached hydrogens (tertiary/aromatic N) is 1. The van der Waals surface area contributed by atoms with E-state index in [1.807, 2.05) is 48.5 Å². The van der Waals surface area contributed by atoms with Crippen molar-refractivity contribution in [3.63, 3.8) is 0 Å². The Kier molecular flexibility index (Phi) is 4.76. The van der Waals surface area contributed by atoms with Crippen LogP contribution >= 0.6 is 23.2 Å². The highest BCUT2D eigenvalue weighted by Crippen LogP contribution is 2.59. The Morgan fingerprint density at radius 1 is 1.25 bits per heavy atom. The number of H-pyrrole nitrogens is 1. The van der Waals surface area contributed by atoms with Crippen LogP contribution in [0, 0.1) is 0 Å². The van der Waals surface area contributed by atoms with Gasteiger partial charge in [0, 0.05) is 5.92 Å². The lowest BCUT2D eigenvalue weighted by atomic mass is 10.1. The predicted molar refractivity (Wildman–Crippen MR) is 111 cm³/mol. The average molecular weight is 418 g/mol. The summed E-state index contributed by atoms with van der Waals surface area (Å²) < 4.78 is 5.25. The zero-order valence-electron chi connectivity index (χ0n) is 15.6. The van der Waals surface area contributed by atoms with Crippen LogP contribution in [-0.4, -0.2) is 25.8 Å². The minimum atomic E-state index is -1.03. The molecule has 5 nitrogen and oxygen atoms in total. The predicted octanol–water partition coefficient (Wildman–Crippen LogP) is 4.70. The van der Waals surface area contributed by atoms with Crippen molar-refractivity contribution in [2.45, 2.75) is 42.7 Å². The van der Waals surface area contributed by atoms with Gasteiger partial charge in [-0.05, 0) is 50.1 Å². The lowest BCUT2D eigenvalue weighted by Gasteiger charge is -2.25. The number of carbonyl (C=O) groups is 1. The minimum Gasteiger partial charge on any atom is -0.478 e. The summed E-state index contributed by atoms with van der Waals surface area (Å²) in [5.74, 6) is 1.25. The molecule has 0 unspecified atom stereocenters. The molecule has 2 aromatic carbocycles. The summed E-state index contributed by atoms with van der Waals surface area (Å²) in [4.78, 5) is 20.3. The largest absolute Gasteiger partial charge is 0.478 e. The smallest absolute Gasteiger partial charge is 0.263 e. The molecule has 0 bridgehead atoms. The van der Waals surface area contributed by atoms with E-state index in [9.17, 15) is 4.79 Å². The van der Waals surface area contributed by atoms with Crippen molar-refractivity contribution >= 4 is 40.1 Å². The molecule has 1 aliphatic carbocycles. The van der Waals surface area contributed by atoms with Gasteiger partial charge in [0.15, 0.2) is 5.60 Å². The van der Waals surface area contributed by atoms with Crippen LogP contribution in [0.5, 0.6) is 5.75 Å². The van der Waals surface area contributed by atoms with Crippen LogP contribution in [0.15, 0.2) is 48.5 Å². The molecule has 1 aromatic heterocycles. The molecule has 1 saturated carbocycles. The SMILES string of the molecule is CC(C)(Oc1ccc([C@H]2CC2(Cl)Cl)cc1)C(=O)NCc1nc2ccccc2[nH]1. The van der Waals surface area contributed by atoms with Crippen LogP contribution in [0.4, 0.5) is 0 Å². The van der Waals surface area contributed by atoms with Gasteiger partial charge in [0.1, 0.15) is 15.9 Å². The molecule has 1 fully saturated rings. The number of hydrogen-bond acceptors (Lipinski definition) is 3. The fraction of sp³-hybridized carbons (Fsp3) is 0.333. The van der Waals surface area contributed by atoms with Crippen molar-refractivity contribution in [1.29, 1.82) is 0 Å². The van der Waals surface area contributed by atoms with Gasteiger partial charge in [0.2, 0.25) is 0 Å². The average Bonchev–Trinajstić information content (AvgIpc) is 3.11.